The topological polar surface area (TPSA) is 46.3 Å². The lowest BCUT2D eigenvalue weighted by Gasteiger charge is -2.36. The zero-order chi connectivity index (χ0) is 17.2. The van der Waals surface area contributed by atoms with E-state index in [2.05, 4.69) is 29.2 Å². The largest absolute Gasteiger partial charge is 0.399 e. The molecule has 1 atom stereocenters. The predicted octanol–water partition coefficient (Wildman–Crippen LogP) is 4.27. The lowest BCUT2D eigenvalue weighted by atomic mass is 9.86. The fourth-order valence-electron chi connectivity index (χ4n) is 4.13. The number of nitrogens with two attached hydrogens (primary N) is 1. The molecule has 3 nitrogen and oxygen atoms in total. The zero-order valence-corrected chi connectivity index (χ0v) is 14.7. The molecule has 0 bridgehead atoms. The summed E-state index contributed by atoms with van der Waals surface area (Å²) in [5.74, 6) is 0.285. The molecular formula is C22H26N2O. The molecule has 130 valence electrons. The summed E-state index contributed by atoms with van der Waals surface area (Å²) in [4.78, 5) is 15.3. The molecular weight excluding hydrogens is 308 g/mol. The van der Waals surface area contributed by atoms with Crippen LogP contribution in [0, 0.1) is 0 Å². The Bertz CT molecular complexity index is 766. The van der Waals surface area contributed by atoms with Crippen LogP contribution in [-0.4, -0.2) is 16.8 Å². The fraction of sp³-hybridized carbons (Fsp3) is 0.409. The van der Waals surface area contributed by atoms with Crippen LogP contribution in [0.4, 0.5) is 5.69 Å². The minimum Gasteiger partial charge on any atom is -0.399 e. The maximum absolute atomic E-state index is 13.1. The van der Waals surface area contributed by atoms with Gasteiger partial charge in [-0.25, -0.2) is 0 Å². The smallest absolute Gasteiger partial charge is 0.223 e. The predicted molar refractivity (Wildman–Crippen MR) is 101 cm³/mol. The number of nitrogens with zero attached hydrogens (tertiary/aromatic N) is 1. The van der Waals surface area contributed by atoms with Crippen LogP contribution in [0.15, 0.2) is 48.5 Å². The molecule has 4 rings (SSSR count). The van der Waals surface area contributed by atoms with Crippen molar-refractivity contribution >= 4 is 11.6 Å². The Kier molecular flexibility index (Phi) is 4.48. The van der Waals surface area contributed by atoms with Gasteiger partial charge < -0.3 is 10.6 Å². The van der Waals surface area contributed by atoms with Crippen molar-refractivity contribution < 1.29 is 4.79 Å². The normalized spacial score (nSPS) is 19.3. The van der Waals surface area contributed by atoms with Crippen molar-refractivity contribution in [3.05, 3.63) is 65.2 Å². The van der Waals surface area contributed by atoms with Gasteiger partial charge in [-0.05, 0) is 61.3 Å². The highest BCUT2D eigenvalue weighted by atomic mass is 16.2. The molecule has 0 heterocycles. The van der Waals surface area contributed by atoms with E-state index in [1.54, 1.807) is 0 Å². The first kappa shape index (κ1) is 16.2. The van der Waals surface area contributed by atoms with E-state index in [0.29, 0.717) is 12.5 Å². The number of benzene rings is 2. The van der Waals surface area contributed by atoms with Crippen LogP contribution in [0.3, 0.4) is 0 Å². The second kappa shape index (κ2) is 6.91. The number of aryl methyl sites for hydroxylation is 2. The van der Waals surface area contributed by atoms with Crippen molar-refractivity contribution in [3.63, 3.8) is 0 Å². The van der Waals surface area contributed by atoms with Gasteiger partial charge in [-0.15, -0.1) is 0 Å². The lowest BCUT2D eigenvalue weighted by Crippen LogP contribution is -2.38. The fourth-order valence-corrected chi connectivity index (χ4v) is 4.13. The minimum absolute atomic E-state index is 0.262. The van der Waals surface area contributed by atoms with Crippen molar-refractivity contribution in [1.82, 2.24) is 4.90 Å². The molecule has 0 aliphatic heterocycles. The molecule has 1 unspecified atom stereocenters. The summed E-state index contributed by atoms with van der Waals surface area (Å²) in [6, 6.07) is 17.2. The van der Waals surface area contributed by atoms with E-state index in [1.165, 1.54) is 17.5 Å². The minimum atomic E-state index is 0.262. The number of hydrogen-bond acceptors (Lipinski definition) is 2. The van der Waals surface area contributed by atoms with Gasteiger partial charge in [0.1, 0.15) is 0 Å². The molecule has 2 aliphatic carbocycles. The van der Waals surface area contributed by atoms with Gasteiger partial charge in [0.25, 0.3) is 0 Å². The number of hydrogen-bond donors (Lipinski definition) is 1. The van der Waals surface area contributed by atoms with Gasteiger partial charge in [0, 0.05) is 18.2 Å². The van der Waals surface area contributed by atoms with Crippen molar-refractivity contribution in [2.45, 2.75) is 57.0 Å². The quantitative estimate of drug-likeness (QED) is 0.830. The summed E-state index contributed by atoms with van der Waals surface area (Å²) in [7, 11) is 0. The molecule has 2 N–H and O–H groups in total. The van der Waals surface area contributed by atoms with E-state index in [-0.39, 0.29) is 11.9 Å². The highest BCUT2D eigenvalue weighted by Crippen LogP contribution is 2.41. The lowest BCUT2D eigenvalue weighted by molar-refractivity contribution is -0.134. The average molecular weight is 334 g/mol. The first-order chi connectivity index (χ1) is 12.2. The van der Waals surface area contributed by atoms with E-state index >= 15 is 0 Å². The maximum atomic E-state index is 13.1. The summed E-state index contributed by atoms with van der Waals surface area (Å²) in [5.41, 5.74) is 10.7. The molecule has 1 amide bonds. The first-order valence-electron chi connectivity index (χ1n) is 9.46. The summed E-state index contributed by atoms with van der Waals surface area (Å²) >= 11 is 0. The molecule has 2 aliphatic rings. The van der Waals surface area contributed by atoms with Crippen LogP contribution in [0.5, 0.6) is 0 Å². The molecule has 0 spiro atoms. The number of fused-ring (bicyclic) bond motifs is 1. The SMILES string of the molecule is Nc1ccccc1CCC(=O)N(C1CC1)C1CCCc2ccccc21. The second-order valence-corrected chi connectivity index (χ2v) is 7.34. The number of carbonyl (C=O) groups excluding carboxylic acids is 1. The molecule has 0 aromatic heterocycles. The molecule has 1 fully saturated rings. The zero-order valence-electron chi connectivity index (χ0n) is 14.7. The number of carbonyl (C=O) groups is 1. The Balaban J connectivity index is 1.52. The Hall–Kier alpha value is -2.29. The number of anilines is 1. The summed E-state index contributed by atoms with van der Waals surface area (Å²) < 4.78 is 0. The summed E-state index contributed by atoms with van der Waals surface area (Å²) in [5, 5.41) is 0. The molecule has 3 heteroatoms. The van der Waals surface area contributed by atoms with Crippen LogP contribution in [0.2, 0.25) is 0 Å². The third kappa shape index (κ3) is 3.41. The van der Waals surface area contributed by atoms with Gasteiger partial charge in [-0.2, -0.15) is 0 Å². The van der Waals surface area contributed by atoms with E-state index in [1.807, 2.05) is 24.3 Å². The van der Waals surface area contributed by atoms with Crippen LogP contribution >= 0.6 is 0 Å². The first-order valence-corrected chi connectivity index (χ1v) is 9.46. The van der Waals surface area contributed by atoms with E-state index in [9.17, 15) is 4.79 Å². The highest BCUT2D eigenvalue weighted by molar-refractivity contribution is 5.78. The van der Waals surface area contributed by atoms with E-state index in [0.717, 1.165) is 43.4 Å². The van der Waals surface area contributed by atoms with Crippen LogP contribution in [0.25, 0.3) is 0 Å². The number of rotatable bonds is 5. The number of para-hydroxylation sites is 1. The van der Waals surface area contributed by atoms with E-state index < -0.39 is 0 Å². The molecule has 0 radical (unpaired) electrons. The molecule has 0 saturated heterocycles. The molecule has 2 aromatic carbocycles. The third-order valence-corrected chi connectivity index (χ3v) is 5.57. The van der Waals surface area contributed by atoms with Crippen LogP contribution in [-0.2, 0) is 17.6 Å². The van der Waals surface area contributed by atoms with Gasteiger partial charge in [-0.1, -0.05) is 42.5 Å². The van der Waals surface area contributed by atoms with Gasteiger partial charge in [0.05, 0.1) is 6.04 Å². The molecule has 1 saturated carbocycles. The molecule has 25 heavy (non-hydrogen) atoms. The van der Waals surface area contributed by atoms with Gasteiger partial charge >= 0.3 is 0 Å². The van der Waals surface area contributed by atoms with Crippen molar-refractivity contribution in [2.24, 2.45) is 0 Å². The second-order valence-electron chi connectivity index (χ2n) is 7.34. The monoisotopic (exact) mass is 334 g/mol. The van der Waals surface area contributed by atoms with Gasteiger partial charge in [0.15, 0.2) is 0 Å². The average Bonchev–Trinajstić information content (AvgIpc) is 3.46. The van der Waals surface area contributed by atoms with Crippen LogP contribution in [0.1, 0.15) is 54.8 Å². The summed E-state index contributed by atoms with van der Waals surface area (Å²) in [6.07, 6.45) is 6.97. The Morgan fingerprint density at radius 1 is 1.04 bits per heavy atom. The van der Waals surface area contributed by atoms with Crippen molar-refractivity contribution in [2.75, 3.05) is 5.73 Å². The Morgan fingerprint density at radius 2 is 1.80 bits per heavy atom. The molecule has 2 aromatic rings. The third-order valence-electron chi connectivity index (χ3n) is 5.57. The van der Waals surface area contributed by atoms with Crippen LogP contribution < -0.4 is 5.73 Å². The highest BCUT2D eigenvalue weighted by Gasteiger charge is 2.39. The van der Waals surface area contributed by atoms with Gasteiger partial charge in [0.2, 0.25) is 5.91 Å². The van der Waals surface area contributed by atoms with Gasteiger partial charge in [-0.3, -0.25) is 4.79 Å². The van der Waals surface area contributed by atoms with Crippen molar-refractivity contribution in [1.29, 1.82) is 0 Å². The number of amides is 1. The standard InChI is InChI=1S/C22H26N2O/c23-20-10-4-2-7-17(20)12-15-22(25)24(18-13-14-18)21-11-5-8-16-6-1-3-9-19(16)21/h1-4,6-7,9-10,18,21H,5,8,11-15,23H2. The Morgan fingerprint density at radius 3 is 2.60 bits per heavy atom. The maximum Gasteiger partial charge on any atom is 0.223 e. The summed E-state index contributed by atoms with van der Waals surface area (Å²) in [6.45, 7) is 0. The van der Waals surface area contributed by atoms with Crippen molar-refractivity contribution in [3.8, 4) is 0 Å². The Labute approximate surface area is 149 Å². The number of nitrogen functional groups attached to an aromatic ring is 1. The van der Waals surface area contributed by atoms with E-state index in [4.69, 9.17) is 5.73 Å².